The van der Waals surface area contributed by atoms with Crippen molar-refractivity contribution in [2.45, 2.75) is 33.1 Å². The van der Waals surface area contributed by atoms with E-state index in [1.807, 2.05) is 11.0 Å². The number of amides is 1. The molecule has 3 rings (SSSR count). The maximum Gasteiger partial charge on any atom is 0.227 e. The second kappa shape index (κ2) is 7.35. The van der Waals surface area contributed by atoms with Crippen LogP contribution in [0.15, 0.2) is 24.3 Å². The number of anilines is 2. The van der Waals surface area contributed by atoms with E-state index in [9.17, 15) is 4.79 Å². The summed E-state index contributed by atoms with van der Waals surface area (Å²) >= 11 is 0. The molecular weight excluding hydrogens is 286 g/mol. The molecule has 1 amide bonds. The summed E-state index contributed by atoms with van der Waals surface area (Å²) in [6.07, 6.45) is 3.15. The number of rotatable bonds is 4. The number of hydrogen-bond donors (Lipinski definition) is 1. The van der Waals surface area contributed by atoms with E-state index in [4.69, 9.17) is 0 Å². The summed E-state index contributed by atoms with van der Waals surface area (Å²) < 4.78 is 0. The molecular formula is C19H29N3O. The molecule has 4 nitrogen and oxygen atoms in total. The largest absolute Gasteiger partial charge is 0.368 e. The number of benzene rings is 1. The van der Waals surface area contributed by atoms with Crippen molar-refractivity contribution in [3.8, 4) is 0 Å². The number of fused-ring (bicyclic) bond motifs is 1. The SMILES string of the molecule is CCN1CCN(C(=O)CC(C)C2CCCNC2)c2ccccc21. The summed E-state index contributed by atoms with van der Waals surface area (Å²) in [5.74, 6) is 1.37. The average Bonchev–Trinajstić information content (AvgIpc) is 2.61. The second-order valence-corrected chi connectivity index (χ2v) is 6.90. The van der Waals surface area contributed by atoms with E-state index in [-0.39, 0.29) is 5.91 Å². The van der Waals surface area contributed by atoms with E-state index in [1.165, 1.54) is 18.5 Å². The fourth-order valence-electron chi connectivity index (χ4n) is 3.93. The molecule has 0 bridgehead atoms. The smallest absolute Gasteiger partial charge is 0.227 e. The molecule has 1 saturated heterocycles. The van der Waals surface area contributed by atoms with E-state index in [1.54, 1.807) is 0 Å². The number of carbonyl (C=O) groups excluding carboxylic acids is 1. The van der Waals surface area contributed by atoms with E-state index in [0.717, 1.165) is 38.4 Å². The summed E-state index contributed by atoms with van der Waals surface area (Å²) in [7, 11) is 0. The fourth-order valence-corrected chi connectivity index (χ4v) is 3.93. The summed E-state index contributed by atoms with van der Waals surface area (Å²) in [6.45, 7) is 9.33. The van der Waals surface area contributed by atoms with Gasteiger partial charge in [0, 0.05) is 26.1 Å². The van der Waals surface area contributed by atoms with Gasteiger partial charge < -0.3 is 15.1 Å². The fraction of sp³-hybridized carbons (Fsp3) is 0.632. The number of piperidine rings is 1. The lowest BCUT2D eigenvalue weighted by Crippen LogP contribution is -2.45. The number of hydrogen-bond acceptors (Lipinski definition) is 3. The Bertz CT molecular complexity index is 539. The summed E-state index contributed by atoms with van der Waals surface area (Å²) in [5, 5.41) is 3.47. The van der Waals surface area contributed by atoms with Crippen molar-refractivity contribution in [1.29, 1.82) is 0 Å². The summed E-state index contributed by atoms with van der Waals surface area (Å²) in [6, 6.07) is 8.31. The van der Waals surface area contributed by atoms with Crippen LogP contribution >= 0.6 is 0 Å². The number of nitrogens with zero attached hydrogens (tertiary/aromatic N) is 2. The Kier molecular flexibility index (Phi) is 5.21. The molecule has 1 aromatic rings. The molecule has 2 atom stereocenters. The van der Waals surface area contributed by atoms with Gasteiger partial charge in [0.05, 0.1) is 11.4 Å². The molecule has 1 N–H and O–H groups in total. The van der Waals surface area contributed by atoms with Gasteiger partial charge in [0.25, 0.3) is 0 Å². The molecule has 0 radical (unpaired) electrons. The van der Waals surface area contributed by atoms with Crippen LogP contribution < -0.4 is 15.1 Å². The number of carbonyl (C=O) groups is 1. The first-order valence-electron chi connectivity index (χ1n) is 9.05. The minimum absolute atomic E-state index is 0.284. The Morgan fingerprint density at radius 2 is 2.09 bits per heavy atom. The van der Waals surface area contributed by atoms with Crippen molar-refractivity contribution >= 4 is 17.3 Å². The van der Waals surface area contributed by atoms with E-state index in [2.05, 4.69) is 42.3 Å². The molecule has 0 aromatic heterocycles. The van der Waals surface area contributed by atoms with Crippen LogP contribution in [0.5, 0.6) is 0 Å². The third kappa shape index (κ3) is 3.52. The van der Waals surface area contributed by atoms with Gasteiger partial charge in [-0.15, -0.1) is 0 Å². The van der Waals surface area contributed by atoms with Crippen molar-refractivity contribution in [3.63, 3.8) is 0 Å². The third-order valence-electron chi connectivity index (χ3n) is 5.43. The quantitative estimate of drug-likeness (QED) is 0.928. The Morgan fingerprint density at radius 3 is 2.78 bits per heavy atom. The maximum atomic E-state index is 12.9. The molecule has 23 heavy (non-hydrogen) atoms. The van der Waals surface area contributed by atoms with Crippen molar-refractivity contribution < 1.29 is 4.79 Å². The zero-order valence-electron chi connectivity index (χ0n) is 14.4. The van der Waals surface area contributed by atoms with Gasteiger partial charge in [-0.05, 0) is 56.8 Å². The standard InChI is InChI=1S/C19H29N3O/c1-3-21-11-12-22(18-9-5-4-8-17(18)21)19(23)13-15(2)16-7-6-10-20-14-16/h4-5,8-9,15-16,20H,3,6-7,10-14H2,1-2H3. The minimum atomic E-state index is 0.284. The Hall–Kier alpha value is -1.55. The highest BCUT2D eigenvalue weighted by Crippen LogP contribution is 2.34. The zero-order chi connectivity index (χ0) is 16.2. The molecule has 0 aliphatic carbocycles. The summed E-state index contributed by atoms with van der Waals surface area (Å²) in [5.41, 5.74) is 2.28. The minimum Gasteiger partial charge on any atom is -0.368 e. The first kappa shape index (κ1) is 16.3. The van der Waals surface area contributed by atoms with Crippen molar-refractivity contribution in [2.24, 2.45) is 11.8 Å². The van der Waals surface area contributed by atoms with E-state index >= 15 is 0 Å². The second-order valence-electron chi connectivity index (χ2n) is 6.90. The molecule has 1 fully saturated rings. The molecule has 1 aromatic carbocycles. The van der Waals surface area contributed by atoms with Crippen LogP contribution in [0.25, 0.3) is 0 Å². The van der Waals surface area contributed by atoms with Gasteiger partial charge in [-0.3, -0.25) is 4.79 Å². The molecule has 2 heterocycles. The van der Waals surface area contributed by atoms with Gasteiger partial charge >= 0.3 is 0 Å². The van der Waals surface area contributed by atoms with Crippen molar-refractivity contribution in [3.05, 3.63) is 24.3 Å². The summed E-state index contributed by atoms with van der Waals surface area (Å²) in [4.78, 5) is 17.3. The van der Waals surface area contributed by atoms with Crippen molar-refractivity contribution in [2.75, 3.05) is 42.5 Å². The van der Waals surface area contributed by atoms with Crippen LogP contribution in [0, 0.1) is 11.8 Å². The molecule has 2 unspecified atom stereocenters. The van der Waals surface area contributed by atoms with Gasteiger partial charge in [0.1, 0.15) is 0 Å². The first-order chi connectivity index (χ1) is 11.2. The van der Waals surface area contributed by atoms with Gasteiger partial charge in [0.15, 0.2) is 0 Å². The zero-order valence-corrected chi connectivity index (χ0v) is 14.4. The normalized spacial score (nSPS) is 22.6. The lowest BCUT2D eigenvalue weighted by molar-refractivity contribution is -0.119. The maximum absolute atomic E-state index is 12.9. The van der Waals surface area contributed by atoms with Gasteiger partial charge in [-0.1, -0.05) is 19.1 Å². The van der Waals surface area contributed by atoms with Crippen LogP contribution in [0.2, 0.25) is 0 Å². The highest BCUT2D eigenvalue weighted by Gasteiger charge is 2.29. The van der Waals surface area contributed by atoms with E-state index < -0.39 is 0 Å². The average molecular weight is 315 g/mol. The highest BCUT2D eigenvalue weighted by molar-refractivity contribution is 5.98. The Balaban J connectivity index is 1.70. The van der Waals surface area contributed by atoms with Gasteiger partial charge in [-0.25, -0.2) is 0 Å². The van der Waals surface area contributed by atoms with Crippen LogP contribution in [0.4, 0.5) is 11.4 Å². The molecule has 2 aliphatic heterocycles. The lowest BCUT2D eigenvalue weighted by atomic mass is 9.85. The molecule has 0 spiro atoms. The van der Waals surface area contributed by atoms with E-state index in [0.29, 0.717) is 18.3 Å². The first-order valence-corrected chi connectivity index (χ1v) is 9.05. The predicted octanol–water partition coefficient (Wildman–Crippen LogP) is 2.89. The predicted molar refractivity (Wildman–Crippen MR) is 96.1 cm³/mol. The van der Waals surface area contributed by atoms with Gasteiger partial charge in [-0.2, -0.15) is 0 Å². The lowest BCUT2D eigenvalue weighted by Gasteiger charge is -2.38. The van der Waals surface area contributed by atoms with Crippen LogP contribution in [0.3, 0.4) is 0 Å². The number of nitrogens with one attached hydrogen (secondary N) is 1. The van der Waals surface area contributed by atoms with Crippen LogP contribution in [-0.2, 0) is 4.79 Å². The Labute approximate surface area is 139 Å². The van der Waals surface area contributed by atoms with Crippen molar-refractivity contribution in [1.82, 2.24) is 5.32 Å². The monoisotopic (exact) mass is 315 g/mol. The molecule has 0 saturated carbocycles. The topological polar surface area (TPSA) is 35.6 Å². The van der Waals surface area contributed by atoms with Crippen LogP contribution in [-0.4, -0.2) is 38.6 Å². The molecule has 4 heteroatoms. The molecule has 2 aliphatic rings. The Morgan fingerprint density at radius 1 is 1.30 bits per heavy atom. The number of para-hydroxylation sites is 2. The third-order valence-corrected chi connectivity index (χ3v) is 5.43. The van der Waals surface area contributed by atoms with Crippen LogP contribution in [0.1, 0.15) is 33.1 Å². The molecule has 126 valence electrons. The number of likely N-dealkylation sites (N-methyl/N-ethyl adjacent to an activating group) is 1. The van der Waals surface area contributed by atoms with Gasteiger partial charge in [0.2, 0.25) is 5.91 Å². The highest BCUT2D eigenvalue weighted by atomic mass is 16.2.